The Morgan fingerprint density at radius 1 is 1.24 bits per heavy atom. The Hall–Kier alpha value is -2.34. The van der Waals surface area contributed by atoms with Crippen molar-refractivity contribution >= 4 is 0 Å². The number of ether oxygens (including phenoxy) is 1. The van der Waals surface area contributed by atoms with Crippen molar-refractivity contribution in [2.24, 2.45) is 0 Å². The molecule has 1 heterocycles. The summed E-state index contributed by atoms with van der Waals surface area (Å²) in [4.78, 5) is 4.31. The molecule has 0 spiro atoms. The zero-order valence-corrected chi connectivity index (χ0v) is 9.77. The Balaban J connectivity index is 2.42. The SMILES string of the molecule is COc1ccc(-c2ncc(C#N)cc2C)cc1. The molecular weight excluding hydrogens is 212 g/mol. The highest BCUT2D eigenvalue weighted by Gasteiger charge is 2.04. The lowest BCUT2D eigenvalue weighted by atomic mass is 10.1. The van der Waals surface area contributed by atoms with Gasteiger partial charge in [0, 0.05) is 11.8 Å². The van der Waals surface area contributed by atoms with E-state index in [0.29, 0.717) is 5.56 Å². The van der Waals surface area contributed by atoms with E-state index in [1.807, 2.05) is 37.3 Å². The van der Waals surface area contributed by atoms with E-state index >= 15 is 0 Å². The molecule has 0 aliphatic rings. The number of nitriles is 1. The summed E-state index contributed by atoms with van der Waals surface area (Å²) in [5.41, 5.74) is 3.49. The number of hydrogen-bond acceptors (Lipinski definition) is 3. The van der Waals surface area contributed by atoms with E-state index in [0.717, 1.165) is 22.6 Å². The van der Waals surface area contributed by atoms with Crippen LogP contribution in [0.15, 0.2) is 36.5 Å². The molecular formula is C14H12N2O. The molecule has 17 heavy (non-hydrogen) atoms. The fraction of sp³-hybridized carbons (Fsp3) is 0.143. The average molecular weight is 224 g/mol. The summed E-state index contributed by atoms with van der Waals surface area (Å²) in [5, 5.41) is 8.79. The van der Waals surface area contributed by atoms with Crippen LogP contribution in [0.4, 0.5) is 0 Å². The molecule has 0 saturated heterocycles. The highest BCUT2D eigenvalue weighted by atomic mass is 16.5. The number of rotatable bonds is 2. The zero-order valence-electron chi connectivity index (χ0n) is 9.77. The number of aromatic nitrogens is 1. The molecule has 1 aromatic heterocycles. The minimum atomic E-state index is 0.583. The first kappa shape index (κ1) is 11.2. The topological polar surface area (TPSA) is 45.9 Å². The van der Waals surface area contributed by atoms with E-state index in [9.17, 15) is 0 Å². The van der Waals surface area contributed by atoms with Gasteiger partial charge in [-0.05, 0) is 42.8 Å². The predicted molar refractivity (Wildman–Crippen MR) is 65.7 cm³/mol. The second-order valence-corrected chi connectivity index (χ2v) is 3.73. The lowest BCUT2D eigenvalue weighted by molar-refractivity contribution is 0.415. The smallest absolute Gasteiger partial charge is 0.118 e. The molecule has 0 saturated carbocycles. The fourth-order valence-electron chi connectivity index (χ4n) is 1.69. The van der Waals surface area contributed by atoms with Crippen molar-refractivity contribution in [1.82, 2.24) is 4.98 Å². The number of hydrogen-bond donors (Lipinski definition) is 0. The highest BCUT2D eigenvalue weighted by molar-refractivity contribution is 5.64. The van der Waals surface area contributed by atoms with Gasteiger partial charge < -0.3 is 4.74 Å². The summed E-state index contributed by atoms with van der Waals surface area (Å²) < 4.78 is 5.11. The maximum Gasteiger partial charge on any atom is 0.118 e. The third-order valence-electron chi connectivity index (χ3n) is 2.57. The number of methoxy groups -OCH3 is 1. The zero-order chi connectivity index (χ0) is 12.3. The molecule has 3 heteroatoms. The molecule has 2 aromatic rings. The normalized spacial score (nSPS) is 9.71. The van der Waals surface area contributed by atoms with Crippen molar-refractivity contribution in [3.8, 4) is 23.1 Å². The molecule has 0 atom stereocenters. The summed E-state index contributed by atoms with van der Waals surface area (Å²) in [6.07, 6.45) is 1.59. The molecule has 0 radical (unpaired) electrons. The van der Waals surface area contributed by atoms with Gasteiger partial charge in [-0.25, -0.2) is 0 Å². The quantitative estimate of drug-likeness (QED) is 0.787. The van der Waals surface area contributed by atoms with Crippen LogP contribution in [0, 0.1) is 18.3 Å². The van der Waals surface area contributed by atoms with Crippen molar-refractivity contribution in [2.45, 2.75) is 6.92 Å². The number of pyridine rings is 1. The van der Waals surface area contributed by atoms with E-state index < -0.39 is 0 Å². The van der Waals surface area contributed by atoms with Crippen LogP contribution in [0.3, 0.4) is 0 Å². The molecule has 0 amide bonds. The minimum absolute atomic E-state index is 0.583. The van der Waals surface area contributed by atoms with Gasteiger partial charge in [0.15, 0.2) is 0 Å². The Morgan fingerprint density at radius 2 is 1.94 bits per heavy atom. The first-order valence-corrected chi connectivity index (χ1v) is 5.26. The molecule has 0 unspecified atom stereocenters. The maximum absolute atomic E-state index is 8.79. The summed E-state index contributed by atoms with van der Waals surface area (Å²) in [6.45, 7) is 1.95. The molecule has 0 fully saturated rings. The van der Waals surface area contributed by atoms with Gasteiger partial charge >= 0.3 is 0 Å². The fourth-order valence-corrected chi connectivity index (χ4v) is 1.69. The lowest BCUT2D eigenvalue weighted by Crippen LogP contribution is -1.90. The van der Waals surface area contributed by atoms with E-state index in [-0.39, 0.29) is 0 Å². The average Bonchev–Trinajstić information content (AvgIpc) is 2.39. The standard InChI is InChI=1S/C14H12N2O/c1-10-7-11(8-15)9-16-14(10)12-3-5-13(17-2)6-4-12/h3-7,9H,1-2H3. The van der Waals surface area contributed by atoms with E-state index in [1.54, 1.807) is 13.3 Å². The molecule has 1 aromatic carbocycles. The van der Waals surface area contributed by atoms with E-state index in [1.165, 1.54) is 0 Å². The maximum atomic E-state index is 8.79. The number of aryl methyl sites for hydroxylation is 1. The van der Waals surface area contributed by atoms with Gasteiger partial charge in [-0.1, -0.05) is 0 Å². The Labute approximate surface area is 100 Å². The van der Waals surface area contributed by atoms with Gasteiger partial charge in [0.05, 0.1) is 18.4 Å². The molecule has 0 N–H and O–H groups in total. The second-order valence-electron chi connectivity index (χ2n) is 3.73. The van der Waals surface area contributed by atoms with Crippen LogP contribution >= 0.6 is 0 Å². The van der Waals surface area contributed by atoms with Gasteiger partial charge in [-0.15, -0.1) is 0 Å². The Bertz CT molecular complexity index is 568. The number of nitrogens with zero attached hydrogens (tertiary/aromatic N) is 2. The largest absolute Gasteiger partial charge is 0.497 e. The van der Waals surface area contributed by atoms with Crippen molar-refractivity contribution < 1.29 is 4.74 Å². The molecule has 0 aliphatic carbocycles. The second kappa shape index (κ2) is 4.67. The third kappa shape index (κ3) is 2.26. The van der Waals surface area contributed by atoms with Crippen LogP contribution in [-0.4, -0.2) is 12.1 Å². The molecule has 3 nitrogen and oxygen atoms in total. The molecule has 84 valence electrons. The lowest BCUT2D eigenvalue weighted by Gasteiger charge is -2.06. The Morgan fingerprint density at radius 3 is 2.47 bits per heavy atom. The van der Waals surface area contributed by atoms with Gasteiger partial charge in [-0.3, -0.25) is 4.98 Å². The predicted octanol–water partition coefficient (Wildman–Crippen LogP) is 2.94. The van der Waals surface area contributed by atoms with Crippen molar-refractivity contribution in [3.63, 3.8) is 0 Å². The third-order valence-corrected chi connectivity index (χ3v) is 2.57. The van der Waals surface area contributed by atoms with Crippen LogP contribution in [0.5, 0.6) is 5.75 Å². The highest BCUT2D eigenvalue weighted by Crippen LogP contribution is 2.23. The van der Waals surface area contributed by atoms with Gasteiger partial charge in [-0.2, -0.15) is 5.26 Å². The monoisotopic (exact) mass is 224 g/mol. The van der Waals surface area contributed by atoms with Crippen LogP contribution in [0.25, 0.3) is 11.3 Å². The van der Waals surface area contributed by atoms with Crippen LogP contribution in [0.2, 0.25) is 0 Å². The van der Waals surface area contributed by atoms with Crippen molar-refractivity contribution in [2.75, 3.05) is 7.11 Å². The van der Waals surface area contributed by atoms with Gasteiger partial charge in [0.1, 0.15) is 11.8 Å². The first-order chi connectivity index (χ1) is 8.24. The first-order valence-electron chi connectivity index (χ1n) is 5.26. The Kier molecular flexibility index (Phi) is 3.06. The summed E-state index contributed by atoms with van der Waals surface area (Å²) >= 11 is 0. The van der Waals surface area contributed by atoms with Crippen LogP contribution in [0.1, 0.15) is 11.1 Å². The molecule has 0 bridgehead atoms. The van der Waals surface area contributed by atoms with Gasteiger partial charge in [0.2, 0.25) is 0 Å². The summed E-state index contributed by atoms with van der Waals surface area (Å²) in [7, 11) is 1.64. The summed E-state index contributed by atoms with van der Waals surface area (Å²) in [5.74, 6) is 0.819. The minimum Gasteiger partial charge on any atom is -0.497 e. The van der Waals surface area contributed by atoms with Crippen molar-refractivity contribution in [1.29, 1.82) is 5.26 Å². The van der Waals surface area contributed by atoms with Crippen LogP contribution in [-0.2, 0) is 0 Å². The van der Waals surface area contributed by atoms with Crippen LogP contribution < -0.4 is 4.74 Å². The van der Waals surface area contributed by atoms with Crippen molar-refractivity contribution in [3.05, 3.63) is 47.7 Å². The molecule has 2 rings (SSSR count). The van der Waals surface area contributed by atoms with E-state index in [2.05, 4.69) is 11.1 Å². The summed E-state index contributed by atoms with van der Waals surface area (Å²) in [6, 6.07) is 11.6. The number of benzene rings is 1. The van der Waals surface area contributed by atoms with E-state index in [4.69, 9.17) is 10.00 Å². The van der Waals surface area contributed by atoms with Gasteiger partial charge in [0.25, 0.3) is 0 Å². The molecule has 0 aliphatic heterocycles.